The van der Waals surface area contributed by atoms with Crippen LogP contribution in [0.3, 0.4) is 0 Å². The molecule has 15 heavy (non-hydrogen) atoms. The Bertz CT molecular complexity index is 358. The molecule has 1 aromatic rings. The Hall–Kier alpha value is -0.410. The Kier molecular flexibility index (Phi) is 2.33. The molecule has 0 aromatic carbocycles. The molecular weight excluding hydrogens is 254 g/mol. The molecule has 3 heteroatoms. The van der Waals surface area contributed by atoms with Crippen LogP contribution in [-0.2, 0) is 0 Å². The van der Waals surface area contributed by atoms with E-state index in [2.05, 4.69) is 33.0 Å². The van der Waals surface area contributed by atoms with Gasteiger partial charge in [-0.25, -0.2) is 0 Å². The fraction of sp³-hybridized carbons (Fsp3) is 0.583. The van der Waals surface area contributed by atoms with E-state index in [1.54, 1.807) is 0 Å². The monoisotopic (exact) mass is 267 g/mol. The van der Waals surface area contributed by atoms with Crippen molar-refractivity contribution in [3.8, 4) is 0 Å². The van der Waals surface area contributed by atoms with E-state index in [0.29, 0.717) is 5.92 Å². The van der Waals surface area contributed by atoms with Crippen LogP contribution in [0.4, 0.5) is 0 Å². The van der Waals surface area contributed by atoms with E-state index in [1.165, 1.54) is 12.1 Å². The largest absolute Gasteiger partial charge is 0.393 e. The van der Waals surface area contributed by atoms with Crippen LogP contribution >= 0.6 is 15.9 Å². The predicted octanol–water partition coefficient (Wildman–Crippen LogP) is 2.72. The van der Waals surface area contributed by atoms with Crippen molar-refractivity contribution in [2.24, 2.45) is 11.8 Å². The molecule has 2 aliphatic carbocycles. The lowest BCUT2D eigenvalue weighted by Gasteiger charge is -2.31. The number of hydrogen-bond acceptors (Lipinski definition) is 2. The fourth-order valence-corrected chi connectivity index (χ4v) is 2.90. The average molecular weight is 268 g/mol. The highest BCUT2D eigenvalue weighted by Gasteiger charge is 2.48. The summed E-state index contributed by atoms with van der Waals surface area (Å²) in [4.78, 5) is 4.44. The van der Waals surface area contributed by atoms with Gasteiger partial charge in [0.2, 0.25) is 0 Å². The SMILES string of the molecule is O[C@H]1C[C@H](C2CC2c2ccc(Br)cn2)C1. The third-order valence-corrected chi connectivity index (χ3v) is 4.19. The smallest absolute Gasteiger partial charge is 0.0545 e. The summed E-state index contributed by atoms with van der Waals surface area (Å²) < 4.78 is 1.04. The molecule has 0 aliphatic heterocycles. The molecule has 2 aliphatic rings. The molecular formula is C12H14BrNO. The molecule has 0 saturated heterocycles. The average Bonchev–Trinajstić information content (AvgIpc) is 2.94. The Morgan fingerprint density at radius 2 is 2.07 bits per heavy atom. The second kappa shape index (κ2) is 3.56. The zero-order valence-corrected chi connectivity index (χ0v) is 10.0. The summed E-state index contributed by atoms with van der Waals surface area (Å²) in [5.41, 5.74) is 1.23. The standard InChI is InChI=1S/C12H14BrNO/c13-8-1-2-12(14-6-8)11-5-10(11)7-3-9(15)4-7/h1-2,6-7,9-11,15H,3-5H2/t7-,9-,10?,11?. The molecule has 80 valence electrons. The first-order chi connectivity index (χ1) is 7.24. The first-order valence-electron chi connectivity index (χ1n) is 5.53. The molecule has 0 spiro atoms. The van der Waals surface area contributed by atoms with Crippen molar-refractivity contribution in [1.82, 2.24) is 4.98 Å². The van der Waals surface area contributed by atoms with E-state index < -0.39 is 0 Å². The van der Waals surface area contributed by atoms with Crippen LogP contribution in [0.2, 0.25) is 0 Å². The molecule has 0 bridgehead atoms. The number of nitrogens with zero attached hydrogens (tertiary/aromatic N) is 1. The number of halogens is 1. The third-order valence-electron chi connectivity index (χ3n) is 3.73. The van der Waals surface area contributed by atoms with Crippen LogP contribution in [0.1, 0.15) is 30.9 Å². The zero-order chi connectivity index (χ0) is 10.4. The topological polar surface area (TPSA) is 33.1 Å². The van der Waals surface area contributed by atoms with Gasteiger partial charge in [-0.2, -0.15) is 0 Å². The minimum absolute atomic E-state index is 0.0193. The third kappa shape index (κ3) is 1.83. The van der Waals surface area contributed by atoms with Crippen molar-refractivity contribution in [2.45, 2.75) is 31.3 Å². The summed E-state index contributed by atoms with van der Waals surface area (Å²) in [5, 5.41) is 9.27. The summed E-state index contributed by atoms with van der Waals surface area (Å²) in [5.74, 6) is 2.22. The van der Waals surface area contributed by atoms with Gasteiger partial charge in [0.05, 0.1) is 6.10 Å². The van der Waals surface area contributed by atoms with Gasteiger partial charge in [-0.15, -0.1) is 0 Å². The number of aromatic nitrogens is 1. The van der Waals surface area contributed by atoms with Crippen LogP contribution in [-0.4, -0.2) is 16.2 Å². The van der Waals surface area contributed by atoms with Crippen molar-refractivity contribution >= 4 is 15.9 Å². The summed E-state index contributed by atoms with van der Waals surface area (Å²) in [6, 6.07) is 4.18. The van der Waals surface area contributed by atoms with E-state index >= 15 is 0 Å². The lowest BCUT2D eigenvalue weighted by molar-refractivity contribution is 0.0319. The van der Waals surface area contributed by atoms with E-state index in [9.17, 15) is 5.11 Å². The van der Waals surface area contributed by atoms with Gasteiger partial charge >= 0.3 is 0 Å². The molecule has 1 aromatic heterocycles. The van der Waals surface area contributed by atoms with Gasteiger partial charge in [-0.3, -0.25) is 4.98 Å². The van der Waals surface area contributed by atoms with Crippen molar-refractivity contribution in [3.63, 3.8) is 0 Å². The predicted molar refractivity (Wildman–Crippen MR) is 61.5 cm³/mol. The van der Waals surface area contributed by atoms with Crippen LogP contribution in [0.5, 0.6) is 0 Å². The van der Waals surface area contributed by atoms with Gasteiger partial charge < -0.3 is 5.11 Å². The Morgan fingerprint density at radius 1 is 1.27 bits per heavy atom. The van der Waals surface area contributed by atoms with Crippen molar-refractivity contribution in [2.75, 3.05) is 0 Å². The summed E-state index contributed by atoms with van der Waals surface area (Å²) in [6.07, 6.45) is 5.15. The highest BCUT2D eigenvalue weighted by Crippen LogP contribution is 2.56. The van der Waals surface area contributed by atoms with Crippen LogP contribution in [0.15, 0.2) is 22.8 Å². The van der Waals surface area contributed by atoms with Gasteiger partial charge in [0, 0.05) is 22.3 Å². The normalized spacial score (nSPS) is 38.5. The minimum Gasteiger partial charge on any atom is -0.393 e. The maximum Gasteiger partial charge on any atom is 0.0545 e. The molecule has 0 amide bonds. The van der Waals surface area contributed by atoms with Crippen LogP contribution in [0, 0.1) is 11.8 Å². The van der Waals surface area contributed by atoms with E-state index in [1.807, 2.05) is 6.20 Å². The Labute approximate surface area is 97.9 Å². The lowest BCUT2D eigenvalue weighted by Crippen LogP contribution is -2.30. The molecule has 2 fully saturated rings. The second-order valence-electron chi connectivity index (χ2n) is 4.79. The first kappa shape index (κ1) is 9.79. The molecule has 1 heterocycles. The van der Waals surface area contributed by atoms with Gasteiger partial charge in [0.25, 0.3) is 0 Å². The van der Waals surface area contributed by atoms with Crippen LogP contribution in [0.25, 0.3) is 0 Å². The van der Waals surface area contributed by atoms with E-state index in [0.717, 1.165) is 29.2 Å². The molecule has 2 nitrogen and oxygen atoms in total. The molecule has 0 radical (unpaired) electrons. The molecule has 2 saturated carbocycles. The maximum absolute atomic E-state index is 9.27. The number of rotatable bonds is 2. The zero-order valence-electron chi connectivity index (χ0n) is 8.44. The maximum atomic E-state index is 9.27. The number of hydrogen-bond donors (Lipinski definition) is 1. The van der Waals surface area contributed by atoms with Gasteiger partial charge in [-0.1, -0.05) is 0 Å². The van der Waals surface area contributed by atoms with Gasteiger partial charge in [0.1, 0.15) is 0 Å². The summed E-state index contributed by atoms with van der Waals surface area (Å²) in [7, 11) is 0. The summed E-state index contributed by atoms with van der Waals surface area (Å²) in [6.45, 7) is 0. The van der Waals surface area contributed by atoms with Crippen molar-refractivity contribution in [3.05, 3.63) is 28.5 Å². The summed E-state index contributed by atoms with van der Waals surface area (Å²) >= 11 is 3.40. The quantitative estimate of drug-likeness (QED) is 0.894. The van der Waals surface area contributed by atoms with E-state index in [-0.39, 0.29) is 6.10 Å². The number of aliphatic hydroxyl groups excluding tert-OH is 1. The van der Waals surface area contributed by atoms with Gasteiger partial charge in [-0.05, 0) is 59.2 Å². The lowest BCUT2D eigenvalue weighted by atomic mass is 9.78. The number of aliphatic hydroxyl groups is 1. The molecule has 1 N–H and O–H groups in total. The molecule has 2 unspecified atom stereocenters. The van der Waals surface area contributed by atoms with Crippen molar-refractivity contribution < 1.29 is 5.11 Å². The number of pyridine rings is 1. The molecule has 2 atom stereocenters. The van der Waals surface area contributed by atoms with Crippen molar-refractivity contribution in [1.29, 1.82) is 0 Å². The highest BCUT2D eigenvalue weighted by molar-refractivity contribution is 9.10. The fourth-order valence-electron chi connectivity index (χ4n) is 2.66. The minimum atomic E-state index is -0.0193. The molecule has 3 rings (SSSR count). The van der Waals surface area contributed by atoms with Crippen LogP contribution < -0.4 is 0 Å². The van der Waals surface area contributed by atoms with E-state index in [4.69, 9.17) is 0 Å². The van der Waals surface area contributed by atoms with Gasteiger partial charge in [0.15, 0.2) is 0 Å². The Morgan fingerprint density at radius 3 is 2.67 bits per heavy atom. The second-order valence-corrected chi connectivity index (χ2v) is 5.71. The first-order valence-corrected chi connectivity index (χ1v) is 6.33. The highest BCUT2D eigenvalue weighted by atomic mass is 79.9. The Balaban J connectivity index is 1.64.